The Bertz CT molecular complexity index is 361. The minimum atomic E-state index is -0.376. The fraction of sp³-hybridized carbons (Fsp3) is 0.882. The molecule has 0 aliphatic carbocycles. The van der Waals surface area contributed by atoms with Crippen molar-refractivity contribution in [3.8, 4) is 0 Å². The maximum atomic E-state index is 11.0. The number of aliphatic hydroxyl groups excluding tert-OH is 2. The smallest absolute Gasteiger partial charge is 0.306 e. The molecule has 0 aromatic rings. The summed E-state index contributed by atoms with van der Waals surface area (Å²) in [4.78, 5) is 22.0. The van der Waals surface area contributed by atoms with Crippen LogP contribution >= 0.6 is 0 Å². The molecule has 0 aromatic carbocycles. The largest absolute Gasteiger partial charge is 0.465 e. The normalized spacial score (nSPS) is 26.9. The monoisotopic (exact) mass is 328 g/mol. The Balaban J connectivity index is 1.46. The highest BCUT2D eigenvalue weighted by atomic mass is 16.5. The molecule has 0 aromatic heterocycles. The van der Waals surface area contributed by atoms with Gasteiger partial charge in [0.05, 0.1) is 38.3 Å². The van der Waals surface area contributed by atoms with E-state index in [0.717, 1.165) is 19.3 Å². The maximum Gasteiger partial charge on any atom is 0.306 e. The van der Waals surface area contributed by atoms with Crippen molar-refractivity contribution in [2.24, 2.45) is 11.8 Å². The summed E-state index contributed by atoms with van der Waals surface area (Å²) in [5.74, 6) is 0.224. The van der Waals surface area contributed by atoms with Gasteiger partial charge in [0, 0.05) is 11.8 Å². The molecule has 4 unspecified atom stereocenters. The highest BCUT2D eigenvalue weighted by Gasteiger charge is 2.25. The average molecular weight is 328 g/mol. The van der Waals surface area contributed by atoms with E-state index in [1.54, 1.807) is 0 Å². The molecule has 0 amide bonds. The van der Waals surface area contributed by atoms with Gasteiger partial charge < -0.3 is 19.7 Å². The van der Waals surface area contributed by atoms with E-state index in [1.807, 2.05) is 0 Å². The van der Waals surface area contributed by atoms with E-state index in [4.69, 9.17) is 9.47 Å². The number of hydrogen-bond acceptors (Lipinski definition) is 6. The van der Waals surface area contributed by atoms with Gasteiger partial charge in [-0.15, -0.1) is 0 Å². The molecule has 2 aliphatic heterocycles. The molecule has 23 heavy (non-hydrogen) atoms. The van der Waals surface area contributed by atoms with Crippen LogP contribution in [0.5, 0.6) is 0 Å². The van der Waals surface area contributed by atoms with E-state index in [-0.39, 0.29) is 36.0 Å². The molecule has 2 aliphatic rings. The molecule has 0 bridgehead atoms. The molecule has 0 spiro atoms. The Morgan fingerprint density at radius 1 is 0.826 bits per heavy atom. The zero-order valence-electron chi connectivity index (χ0n) is 13.6. The second-order valence-corrected chi connectivity index (χ2v) is 6.90. The summed E-state index contributed by atoms with van der Waals surface area (Å²) in [6.07, 6.45) is 5.29. The maximum absolute atomic E-state index is 11.0. The van der Waals surface area contributed by atoms with Crippen LogP contribution in [-0.4, -0.2) is 47.6 Å². The molecule has 132 valence electrons. The summed E-state index contributed by atoms with van der Waals surface area (Å²) in [5, 5.41) is 19.9. The molecular weight excluding hydrogens is 300 g/mol. The van der Waals surface area contributed by atoms with Crippen LogP contribution in [0.3, 0.4) is 0 Å². The van der Waals surface area contributed by atoms with Crippen LogP contribution in [0.2, 0.25) is 0 Å². The quantitative estimate of drug-likeness (QED) is 0.591. The van der Waals surface area contributed by atoms with Crippen molar-refractivity contribution in [2.45, 2.75) is 70.0 Å². The van der Waals surface area contributed by atoms with Crippen molar-refractivity contribution < 1.29 is 29.3 Å². The van der Waals surface area contributed by atoms with E-state index < -0.39 is 0 Å². The number of rotatable bonds is 10. The van der Waals surface area contributed by atoms with Crippen LogP contribution in [0.1, 0.15) is 57.8 Å². The van der Waals surface area contributed by atoms with Gasteiger partial charge in [-0.1, -0.05) is 0 Å². The van der Waals surface area contributed by atoms with Crippen molar-refractivity contribution in [1.82, 2.24) is 0 Å². The third-order valence-corrected chi connectivity index (χ3v) is 4.76. The summed E-state index contributed by atoms with van der Waals surface area (Å²) in [6, 6.07) is 0. The Labute approximate surface area is 137 Å². The lowest BCUT2D eigenvalue weighted by Gasteiger charge is -2.15. The van der Waals surface area contributed by atoms with Crippen LogP contribution < -0.4 is 0 Å². The van der Waals surface area contributed by atoms with Crippen molar-refractivity contribution in [2.75, 3.05) is 13.2 Å². The lowest BCUT2D eigenvalue weighted by Crippen LogP contribution is -2.13. The van der Waals surface area contributed by atoms with Crippen LogP contribution in [0.25, 0.3) is 0 Å². The summed E-state index contributed by atoms with van der Waals surface area (Å²) < 4.78 is 9.80. The van der Waals surface area contributed by atoms with Crippen molar-refractivity contribution in [3.63, 3.8) is 0 Å². The Morgan fingerprint density at radius 2 is 1.26 bits per heavy atom. The van der Waals surface area contributed by atoms with E-state index in [1.165, 1.54) is 0 Å². The number of hydrogen-bond donors (Lipinski definition) is 2. The molecule has 4 atom stereocenters. The standard InChI is InChI=1S/C17H28O6/c18-14(6-4-12-8-16(20)22-10-12)2-1-3-15(19)7-5-13-9-17(21)23-11-13/h12-15,18-19H,1-11H2. The first-order valence-electron chi connectivity index (χ1n) is 8.70. The SMILES string of the molecule is O=C1CC(CCC(O)CCCC(O)CCC2COC(=O)C2)CO1. The Hall–Kier alpha value is -1.14. The molecule has 6 heteroatoms. The number of aliphatic hydroxyl groups is 2. The highest BCUT2D eigenvalue weighted by Crippen LogP contribution is 2.23. The summed E-state index contributed by atoms with van der Waals surface area (Å²) in [6.45, 7) is 0.968. The molecule has 2 N–H and O–H groups in total. The lowest BCUT2D eigenvalue weighted by molar-refractivity contribution is -0.138. The number of cyclic esters (lactones) is 2. The van der Waals surface area contributed by atoms with Crippen LogP contribution in [-0.2, 0) is 19.1 Å². The van der Waals surface area contributed by atoms with Gasteiger partial charge in [-0.2, -0.15) is 0 Å². The molecule has 0 radical (unpaired) electrons. The van der Waals surface area contributed by atoms with Crippen LogP contribution in [0.4, 0.5) is 0 Å². The Morgan fingerprint density at radius 3 is 1.61 bits per heavy atom. The number of carbonyl (C=O) groups excluding carboxylic acids is 2. The predicted octanol–water partition coefficient (Wildman–Crippen LogP) is 1.57. The zero-order chi connectivity index (χ0) is 16.7. The van der Waals surface area contributed by atoms with Crippen molar-refractivity contribution in [1.29, 1.82) is 0 Å². The van der Waals surface area contributed by atoms with Crippen LogP contribution in [0, 0.1) is 11.8 Å². The van der Waals surface area contributed by atoms with Gasteiger partial charge in [0.2, 0.25) is 0 Å². The van der Waals surface area contributed by atoms with Crippen LogP contribution in [0.15, 0.2) is 0 Å². The molecule has 2 fully saturated rings. The zero-order valence-corrected chi connectivity index (χ0v) is 13.6. The van der Waals surface area contributed by atoms with E-state index >= 15 is 0 Å². The minimum Gasteiger partial charge on any atom is -0.465 e. The minimum absolute atomic E-state index is 0.137. The molecule has 0 saturated carbocycles. The van der Waals surface area contributed by atoms with Gasteiger partial charge in [0.25, 0.3) is 0 Å². The summed E-state index contributed by atoms with van der Waals surface area (Å²) in [5.41, 5.74) is 0. The molecule has 2 saturated heterocycles. The van der Waals surface area contributed by atoms with Gasteiger partial charge in [0.1, 0.15) is 0 Å². The highest BCUT2D eigenvalue weighted by molar-refractivity contribution is 5.71. The van der Waals surface area contributed by atoms with E-state index in [9.17, 15) is 19.8 Å². The van der Waals surface area contributed by atoms with Gasteiger partial charge in [-0.25, -0.2) is 0 Å². The molecule has 2 heterocycles. The third-order valence-electron chi connectivity index (χ3n) is 4.76. The summed E-state index contributed by atoms with van der Waals surface area (Å²) in [7, 11) is 0. The number of esters is 2. The number of ether oxygens (including phenoxy) is 2. The fourth-order valence-corrected chi connectivity index (χ4v) is 3.23. The van der Waals surface area contributed by atoms with Gasteiger partial charge in [-0.05, 0) is 44.9 Å². The fourth-order valence-electron chi connectivity index (χ4n) is 3.23. The van der Waals surface area contributed by atoms with Gasteiger partial charge in [-0.3, -0.25) is 9.59 Å². The molecule has 6 nitrogen and oxygen atoms in total. The third kappa shape index (κ3) is 6.87. The lowest BCUT2D eigenvalue weighted by atomic mass is 9.95. The molecular formula is C17H28O6. The van der Waals surface area contributed by atoms with Gasteiger partial charge >= 0.3 is 11.9 Å². The van der Waals surface area contributed by atoms with E-state index in [2.05, 4.69) is 0 Å². The predicted molar refractivity (Wildman–Crippen MR) is 82.5 cm³/mol. The summed E-state index contributed by atoms with van der Waals surface area (Å²) >= 11 is 0. The van der Waals surface area contributed by atoms with Crippen molar-refractivity contribution >= 4 is 11.9 Å². The second kappa shape index (κ2) is 9.23. The topological polar surface area (TPSA) is 93.1 Å². The Kier molecular flexibility index (Phi) is 7.30. The second-order valence-electron chi connectivity index (χ2n) is 6.90. The number of carbonyl (C=O) groups is 2. The molecule has 2 rings (SSSR count). The van der Waals surface area contributed by atoms with Crippen molar-refractivity contribution in [3.05, 3.63) is 0 Å². The first-order chi connectivity index (χ1) is 11.0. The first-order valence-corrected chi connectivity index (χ1v) is 8.70. The first kappa shape index (κ1) is 18.2. The average Bonchev–Trinajstić information content (AvgIpc) is 3.11. The van der Waals surface area contributed by atoms with Gasteiger partial charge in [0.15, 0.2) is 0 Å². The van der Waals surface area contributed by atoms with E-state index in [0.29, 0.717) is 51.7 Å².